The Bertz CT molecular complexity index is 782. The molecule has 1 atom stereocenters. The normalized spacial score (nSPS) is 16.6. The number of nitrogens with one attached hydrogen (secondary N) is 1. The third kappa shape index (κ3) is 2.09. The molecule has 0 bridgehead atoms. The highest BCUT2D eigenvalue weighted by Gasteiger charge is 2.37. The van der Waals surface area contributed by atoms with Crippen LogP contribution in [0, 0.1) is 11.3 Å². The molecule has 1 aliphatic rings. The lowest BCUT2D eigenvalue weighted by Gasteiger charge is -2.21. The van der Waals surface area contributed by atoms with Crippen LogP contribution in [0.3, 0.4) is 0 Å². The first-order valence-corrected chi connectivity index (χ1v) is 6.40. The molecular formula is C14H12N4O4. The number of aromatic amines is 1. The van der Waals surface area contributed by atoms with E-state index in [0.29, 0.717) is 17.0 Å². The molecule has 8 nitrogen and oxygen atoms in total. The number of hydrogen-bond acceptors (Lipinski definition) is 7. The molecule has 0 spiro atoms. The molecule has 112 valence electrons. The summed E-state index contributed by atoms with van der Waals surface area (Å²) in [5, 5.41) is 16.1. The number of hydrogen-bond donors (Lipinski definition) is 2. The molecule has 0 saturated carbocycles. The molecule has 8 heteroatoms. The van der Waals surface area contributed by atoms with Crippen LogP contribution in [0.15, 0.2) is 34.3 Å². The van der Waals surface area contributed by atoms with Crippen molar-refractivity contribution >= 4 is 5.97 Å². The Morgan fingerprint density at radius 2 is 2.45 bits per heavy atom. The molecular weight excluding hydrogens is 288 g/mol. The first-order valence-electron chi connectivity index (χ1n) is 6.40. The van der Waals surface area contributed by atoms with E-state index in [4.69, 9.17) is 14.9 Å². The zero-order valence-corrected chi connectivity index (χ0v) is 11.6. The third-order valence-electron chi connectivity index (χ3n) is 3.39. The van der Waals surface area contributed by atoms with Gasteiger partial charge >= 0.3 is 5.97 Å². The molecule has 1 aliphatic heterocycles. The van der Waals surface area contributed by atoms with Gasteiger partial charge in [-0.3, -0.25) is 9.89 Å². The quantitative estimate of drug-likeness (QED) is 0.807. The van der Waals surface area contributed by atoms with Gasteiger partial charge in [0.2, 0.25) is 11.8 Å². The molecule has 0 aromatic carbocycles. The Morgan fingerprint density at radius 1 is 1.64 bits per heavy atom. The summed E-state index contributed by atoms with van der Waals surface area (Å²) in [6.45, 7) is 0. The van der Waals surface area contributed by atoms with Gasteiger partial charge in [0.05, 0.1) is 37.0 Å². The zero-order chi connectivity index (χ0) is 15.7. The van der Waals surface area contributed by atoms with E-state index >= 15 is 0 Å². The van der Waals surface area contributed by atoms with Crippen LogP contribution in [0.5, 0.6) is 5.88 Å². The average molecular weight is 300 g/mol. The lowest BCUT2D eigenvalue weighted by Crippen LogP contribution is -2.21. The summed E-state index contributed by atoms with van der Waals surface area (Å²) in [6.07, 6.45) is 1.47. The van der Waals surface area contributed by atoms with E-state index in [1.165, 1.54) is 13.4 Å². The fraction of sp³-hybridized carbons (Fsp3) is 0.214. The van der Waals surface area contributed by atoms with Crippen LogP contribution in [0.1, 0.15) is 22.9 Å². The number of carbonyl (C=O) groups excluding carboxylic acids is 1. The Hall–Kier alpha value is -3.21. The van der Waals surface area contributed by atoms with Gasteiger partial charge in [0.25, 0.3) is 0 Å². The molecule has 3 rings (SSSR count). The minimum absolute atomic E-state index is 0.0297. The van der Waals surface area contributed by atoms with Crippen molar-refractivity contribution in [2.45, 2.75) is 12.3 Å². The molecule has 0 aliphatic carbocycles. The molecule has 0 saturated heterocycles. The second kappa shape index (κ2) is 5.29. The van der Waals surface area contributed by atoms with E-state index in [-0.39, 0.29) is 23.8 Å². The standard InChI is InChI=1S/C14H12N4O4/c1-20-10(19)5-8-12-11(9-3-2-4-21-9)7(6-15)13(16)22-14(12)18-17-8/h2-4,11H,5,16H2,1H3,(H,17,18). The highest BCUT2D eigenvalue weighted by Crippen LogP contribution is 2.42. The number of nitrogens with two attached hydrogens (primary N) is 1. The number of nitrogens with zero attached hydrogens (tertiary/aromatic N) is 2. The van der Waals surface area contributed by atoms with Crippen LogP contribution >= 0.6 is 0 Å². The van der Waals surface area contributed by atoms with Crippen LogP contribution < -0.4 is 10.5 Å². The summed E-state index contributed by atoms with van der Waals surface area (Å²) in [5.74, 6) is -0.325. The second-order valence-electron chi connectivity index (χ2n) is 4.61. The minimum Gasteiger partial charge on any atom is -0.469 e. The maximum Gasteiger partial charge on any atom is 0.311 e. The van der Waals surface area contributed by atoms with E-state index in [9.17, 15) is 10.1 Å². The number of fused-ring (bicyclic) bond motifs is 1. The lowest BCUT2D eigenvalue weighted by atomic mass is 9.87. The highest BCUT2D eigenvalue weighted by molar-refractivity contribution is 5.73. The number of aromatic nitrogens is 2. The number of methoxy groups -OCH3 is 1. The van der Waals surface area contributed by atoms with Gasteiger partial charge in [-0.15, -0.1) is 5.10 Å². The van der Waals surface area contributed by atoms with Crippen LogP contribution in [0.4, 0.5) is 0 Å². The van der Waals surface area contributed by atoms with Crippen LogP contribution in [0.25, 0.3) is 0 Å². The van der Waals surface area contributed by atoms with Gasteiger partial charge in [-0.05, 0) is 12.1 Å². The van der Waals surface area contributed by atoms with E-state index in [0.717, 1.165) is 0 Å². The van der Waals surface area contributed by atoms with Gasteiger partial charge in [-0.25, -0.2) is 0 Å². The molecule has 2 aromatic rings. The maximum atomic E-state index is 11.5. The van der Waals surface area contributed by atoms with Crippen molar-refractivity contribution in [3.63, 3.8) is 0 Å². The highest BCUT2D eigenvalue weighted by atomic mass is 16.5. The summed E-state index contributed by atoms with van der Waals surface area (Å²) in [6, 6.07) is 5.45. The smallest absolute Gasteiger partial charge is 0.311 e. The fourth-order valence-corrected chi connectivity index (χ4v) is 2.40. The molecule has 22 heavy (non-hydrogen) atoms. The molecule has 3 heterocycles. The number of ether oxygens (including phenoxy) is 2. The first-order chi connectivity index (χ1) is 10.7. The van der Waals surface area contributed by atoms with Gasteiger partial charge in [0, 0.05) is 0 Å². The number of allylic oxidation sites excluding steroid dienone is 1. The first kappa shape index (κ1) is 13.8. The number of H-pyrrole nitrogens is 1. The van der Waals surface area contributed by atoms with Gasteiger partial charge in [-0.1, -0.05) is 0 Å². The van der Waals surface area contributed by atoms with Crippen molar-refractivity contribution < 1.29 is 18.7 Å². The zero-order valence-electron chi connectivity index (χ0n) is 11.6. The molecule has 0 fully saturated rings. The minimum atomic E-state index is -0.581. The van der Waals surface area contributed by atoms with Crippen LogP contribution in [-0.4, -0.2) is 23.3 Å². The summed E-state index contributed by atoms with van der Waals surface area (Å²) in [4.78, 5) is 11.5. The maximum absolute atomic E-state index is 11.5. The number of nitriles is 1. The van der Waals surface area contributed by atoms with Crippen molar-refractivity contribution in [2.24, 2.45) is 5.73 Å². The topological polar surface area (TPSA) is 127 Å². The number of carbonyl (C=O) groups is 1. The van der Waals surface area contributed by atoms with Crippen molar-refractivity contribution in [3.8, 4) is 11.9 Å². The van der Waals surface area contributed by atoms with E-state index < -0.39 is 11.9 Å². The van der Waals surface area contributed by atoms with Crippen LogP contribution in [0.2, 0.25) is 0 Å². The fourth-order valence-electron chi connectivity index (χ4n) is 2.40. The molecule has 3 N–H and O–H groups in total. The summed E-state index contributed by atoms with van der Waals surface area (Å²) >= 11 is 0. The Morgan fingerprint density at radius 3 is 3.09 bits per heavy atom. The predicted molar refractivity (Wildman–Crippen MR) is 72.3 cm³/mol. The molecule has 1 unspecified atom stereocenters. The van der Waals surface area contributed by atoms with E-state index in [1.54, 1.807) is 12.1 Å². The summed E-state index contributed by atoms with van der Waals surface area (Å²) in [5.41, 5.74) is 7.03. The Labute approximate surface area is 125 Å². The van der Waals surface area contributed by atoms with Gasteiger partial charge in [-0.2, -0.15) is 5.26 Å². The van der Waals surface area contributed by atoms with Crippen molar-refractivity contribution in [2.75, 3.05) is 7.11 Å². The van der Waals surface area contributed by atoms with E-state index in [2.05, 4.69) is 14.9 Å². The summed E-state index contributed by atoms with van der Waals surface area (Å²) < 4.78 is 15.4. The van der Waals surface area contributed by atoms with Gasteiger partial charge < -0.3 is 19.6 Å². The average Bonchev–Trinajstić information content (AvgIpc) is 3.16. The number of rotatable bonds is 3. The predicted octanol–water partition coefficient (Wildman–Crippen LogP) is 0.936. The Balaban J connectivity index is 2.13. The molecule has 0 radical (unpaired) electrons. The molecule has 2 aromatic heterocycles. The van der Waals surface area contributed by atoms with Crippen molar-refractivity contribution in [3.05, 3.63) is 46.9 Å². The summed E-state index contributed by atoms with van der Waals surface area (Å²) in [7, 11) is 1.30. The van der Waals surface area contributed by atoms with Crippen LogP contribution in [-0.2, 0) is 16.0 Å². The van der Waals surface area contributed by atoms with Crippen molar-refractivity contribution in [1.29, 1.82) is 5.26 Å². The molecule has 0 amide bonds. The van der Waals surface area contributed by atoms with Gasteiger partial charge in [0.15, 0.2) is 0 Å². The Kier molecular flexibility index (Phi) is 3.31. The van der Waals surface area contributed by atoms with Crippen molar-refractivity contribution in [1.82, 2.24) is 10.2 Å². The largest absolute Gasteiger partial charge is 0.469 e. The van der Waals surface area contributed by atoms with E-state index in [1.807, 2.05) is 6.07 Å². The lowest BCUT2D eigenvalue weighted by molar-refractivity contribution is -0.139. The monoisotopic (exact) mass is 300 g/mol. The SMILES string of the molecule is COC(=O)Cc1[nH]nc2c1C(c1ccco1)C(C#N)=C(N)O2. The number of esters is 1. The number of furan rings is 1. The van der Waals surface area contributed by atoms with Gasteiger partial charge in [0.1, 0.15) is 17.4 Å². The third-order valence-corrected chi connectivity index (χ3v) is 3.39. The second-order valence-corrected chi connectivity index (χ2v) is 4.61.